The third kappa shape index (κ3) is 5.33. The number of benzene rings is 1. The quantitative estimate of drug-likeness (QED) is 0.766. The molecule has 3 heteroatoms. The smallest absolute Gasteiger partial charge is 0.176 e. The predicted molar refractivity (Wildman–Crippen MR) is 72.7 cm³/mol. The third-order valence-corrected chi connectivity index (χ3v) is 2.54. The largest absolute Gasteiger partial charge is 0.298 e. The molecule has 0 unspecified atom stereocenters. The summed E-state index contributed by atoms with van der Waals surface area (Å²) in [6, 6.07) is 7.10. The number of carbonyl (C=O) groups excluding carboxylic acids is 1. The Morgan fingerprint density at radius 2 is 2.00 bits per heavy atom. The fourth-order valence-electron chi connectivity index (χ4n) is 1.86. The number of Topliss-reactive ketones (excluding diaryl/α,β-unsaturated/α-hetero) is 1. The van der Waals surface area contributed by atoms with Gasteiger partial charge in [0.1, 0.15) is 0 Å². The normalized spacial score (nSPS) is 11.9. The number of nitrogens with zero attached hydrogens (tertiary/aromatic N) is 1. The van der Waals surface area contributed by atoms with Gasteiger partial charge in [-0.1, -0.05) is 44.5 Å². The van der Waals surface area contributed by atoms with Gasteiger partial charge >= 0.3 is 0 Å². The van der Waals surface area contributed by atoms with E-state index in [0.29, 0.717) is 17.1 Å². The fraction of sp³-hybridized carbons (Fsp3) is 0.500. The van der Waals surface area contributed by atoms with E-state index in [1.54, 1.807) is 24.3 Å². The number of likely N-dealkylation sites (N-methyl/N-ethyl adjacent to an activating group) is 1. The van der Waals surface area contributed by atoms with Crippen LogP contribution in [0.3, 0.4) is 0 Å². The zero-order valence-corrected chi connectivity index (χ0v) is 11.7. The van der Waals surface area contributed by atoms with Gasteiger partial charge in [0.25, 0.3) is 0 Å². The van der Waals surface area contributed by atoms with Crippen molar-refractivity contribution in [2.75, 3.05) is 20.1 Å². The van der Waals surface area contributed by atoms with Crippen molar-refractivity contribution in [1.82, 2.24) is 4.90 Å². The molecule has 1 rings (SSSR count). The van der Waals surface area contributed by atoms with Gasteiger partial charge in [0, 0.05) is 17.1 Å². The summed E-state index contributed by atoms with van der Waals surface area (Å²) in [5, 5.41) is 0.606. The topological polar surface area (TPSA) is 20.3 Å². The lowest BCUT2D eigenvalue weighted by molar-refractivity contribution is 0.0927. The summed E-state index contributed by atoms with van der Waals surface area (Å²) >= 11 is 5.87. The standard InChI is InChI=1S/C14H20ClNO/c1-14(2,3)10-16(4)9-13(17)11-6-5-7-12(15)8-11/h5-8H,9-10H2,1-4H3. The molecule has 0 aliphatic rings. The first-order valence-electron chi connectivity index (χ1n) is 5.75. The number of halogens is 1. The van der Waals surface area contributed by atoms with Crippen molar-refractivity contribution in [1.29, 1.82) is 0 Å². The number of ketones is 1. The molecule has 0 atom stereocenters. The Morgan fingerprint density at radius 3 is 2.53 bits per heavy atom. The minimum Gasteiger partial charge on any atom is -0.298 e. The maximum atomic E-state index is 12.0. The van der Waals surface area contributed by atoms with Crippen molar-refractivity contribution >= 4 is 17.4 Å². The molecule has 0 aliphatic heterocycles. The first-order valence-corrected chi connectivity index (χ1v) is 6.13. The Morgan fingerprint density at radius 1 is 1.35 bits per heavy atom. The highest BCUT2D eigenvalue weighted by Gasteiger charge is 2.16. The zero-order valence-electron chi connectivity index (χ0n) is 11.0. The maximum absolute atomic E-state index is 12.0. The van der Waals surface area contributed by atoms with E-state index in [1.807, 2.05) is 11.9 Å². The maximum Gasteiger partial charge on any atom is 0.176 e. The molecule has 2 nitrogen and oxygen atoms in total. The molecule has 0 amide bonds. The summed E-state index contributed by atoms with van der Waals surface area (Å²) in [5.41, 5.74) is 0.877. The van der Waals surface area contributed by atoms with E-state index in [0.717, 1.165) is 6.54 Å². The van der Waals surface area contributed by atoms with E-state index in [-0.39, 0.29) is 11.2 Å². The summed E-state index contributed by atoms with van der Waals surface area (Å²) in [4.78, 5) is 14.0. The summed E-state index contributed by atoms with van der Waals surface area (Å²) in [6.07, 6.45) is 0. The lowest BCUT2D eigenvalue weighted by Crippen LogP contribution is -2.33. The minimum atomic E-state index is 0.110. The molecular weight excluding hydrogens is 234 g/mol. The molecule has 1 aromatic carbocycles. The predicted octanol–water partition coefficient (Wildman–Crippen LogP) is 3.50. The van der Waals surface area contributed by atoms with E-state index in [1.165, 1.54) is 0 Å². The van der Waals surface area contributed by atoms with Crippen molar-refractivity contribution < 1.29 is 4.79 Å². The molecule has 17 heavy (non-hydrogen) atoms. The Balaban J connectivity index is 2.61. The Bertz CT molecular complexity index is 395. The average molecular weight is 254 g/mol. The minimum absolute atomic E-state index is 0.110. The van der Waals surface area contributed by atoms with Crippen molar-refractivity contribution in [2.24, 2.45) is 5.41 Å². The molecule has 0 fully saturated rings. The first kappa shape index (κ1) is 14.2. The fourth-order valence-corrected chi connectivity index (χ4v) is 2.05. The van der Waals surface area contributed by atoms with Crippen LogP contribution in [0.4, 0.5) is 0 Å². The summed E-state index contributed by atoms with van der Waals surface area (Å²) in [7, 11) is 1.97. The van der Waals surface area contributed by atoms with E-state index < -0.39 is 0 Å². The number of hydrogen-bond acceptors (Lipinski definition) is 2. The van der Waals surface area contributed by atoms with Gasteiger partial charge in [-0.2, -0.15) is 0 Å². The number of hydrogen-bond donors (Lipinski definition) is 0. The van der Waals surface area contributed by atoms with Gasteiger partial charge in [0.15, 0.2) is 5.78 Å². The Hall–Kier alpha value is -0.860. The molecule has 0 saturated heterocycles. The molecule has 0 heterocycles. The van der Waals surface area contributed by atoms with Gasteiger partial charge < -0.3 is 0 Å². The lowest BCUT2D eigenvalue weighted by atomic mass is 9.96. The van der Waals surface area contributed by atoms with Crippen LogP contribution in [0.5, 0.6) is 0 Å². The van der Waals surface area contributed by atoms with Crippen LogP contribution in [-0.4, -0.2) is 30.8 Å². The molecule has 1 aromatic rings. The van der Waals surface area contributed by atoms with E-state index >= 15 is 0 Å². The van der Waals surface area contributed by atoms with Crippen LogP contribution >= 0.6 is 11.6 Å². The monoisotopic (exact) mass is 253 g/mol. The number of carbonyl (C=O) groups is 1. The molecular formula is C14H20ClNO. The summed E-state index contributed by atoms with van der Waals surface area (Å²) in [5.74, 6) is 0.110. The second-order valence-corrected chi connectivity index (χ2v) is 6.10. The molecule has 0 aromatic heterocycles. The Kier molecular flexibility index (Phi) is 4.72. The summed E-state index contributed by atoms with van der Waals surface area (Å²) in [6.45, 7) is 7.80. The van der Waals surface area contributed by atoms with Crippen LogP contribution in [0, 0.1) is 5.41 Å². The highest BCUT2D eigenvalue weighted by atomic mass is 35.5. The van der Waals surface area contributed by atoms with Gasteiger partial charge in [-0.15, -0.1) is 0 Å². The number of rotatable bonds is 4. The first-order chi connectivity index (χ1) is 7.78. The van der Waals surface area contributed by atoms with Crippen molar-refractivity contribution in [3.63, 3.8) is 0 Å². The van der Waals surface area contributed by atoms with Gasteiger partial charge in [0.2, 0.25) is 0 Å². The van der Waals surface area contributed by atoms with Crippen LogP contribution in [0.2, 0.25) is 5.02 Å². The van der Waals surface area contributed by atoms with Crippen molar-refractivity contribution in [2.45, 2.75) is 20.8 Å². The summed E-state index contributed by atoms with van der Waals surface area (Å²) < 4.78 is 0. The van der Waals surface area contributed by atoms with Gasteiger partial charge in [-0.25, -0.2) is 0 Å². The molecule has 0 N–H and O–H groups in total. The van der Waals surface area contributed by atoms with E-state index in [4.69, 9.17) is 11.6 Å². The second kappa shape index (κ2) is 5.65. The average Bonchev–Trinajstić information content (AvgIpc) is 2.14. The van der Waals surface area contributed by atoms with Crippen LogP contribution < -0.4 is 0 Å². The van der Waals surface area contributed by atoms with Gasteiger partial charge in [-0.05, 0) is 24.6 Å². The molecule has 0 saturated carbocycles. The van der Waals surface area contributed by atoms with E-state index in [9.17, 15) is 4.79 Å². The third-order valence-electron chi connectivity index (χ3n) is 2.30. The lowest BCUT2D eigenvalue weighted by Gasteiger charge is -2.25. The molecule has 94 valence electrons. The molecule has 0 radical (unpaired) electrons. The second-order valence-electron chi connectivity index (χ2n) is 5.67. The molecule has 0 spiro atoms. The van der Waals surface area contributed by atoms with E-state index in [2.05, 4.69) is 20.8 Å². The van der Waals surface area contributed by atoms with Crippen LogP contribution in [0.15, 0.2) is 24.3 Å². The zero-order chi connectivity index (χ0) is 13.1. The Labute approximate surface area is 109 Å². The molecule has 0 bridgehead atoms. The van der Waals surface area contributed by atoms with Gasteiger partial charge in [-0.3, -0.25) is 9.69 Å². The highest BCUT2D eigenvalue weighted by molar-refractivity contribution is 6.31. The van der Waals surface area contributed by atoms with Crippen LogP contribution in [0.25, 0.3) is 0 Å². The van der Waals surface area contributed by atoms with Gasteiger partial charge in [0.05, 0.1) is 6.54 Å². The SMILES string of the molecule is CN(CC(=O)c1cccc(Cl)c1)CC(C)(C)C. The van der Waals surface area contributed by atoms with Crippen molar-refractivity contribution in [3.8, 4) is 0 Å². The van der Waals surface area contributed by atoms with Crippen molar-refractivity contribution in [3.05, 3.63) is 34.9 Å². The molecule has 0 aliphatic carbocycles. The highest BCUT2D eigenvalue weighted by Crippen LogP contribution is 2.15. The van der Waals surface area contributed by atoms with Crippen LogP contribution in [-0.2, 0) is 0 Å². The van der Waals surface area contributed by atoms with Crippen LogP contribution in [0.1, 0.15) is 31.1 Å².